The van der Waals surface area contributed by atoms with Gasteiger partial charge < -0.3 is 14.4 Å². The molecule has 0 N–H and O–H groups in total. The Labute approximate surface area is 159 Å². The van der Waals surface area contributed by atoms with E-state index in [9.17, 15) is 14.0 Å². The highest BCUT2D eigenvalue weighted by molar-refractivity contribution is 5.84. The molecule has 2 saturated heterocycles. The summed E-state index contributed by atoms with van der Waals surface area (Å²) in [5.74, 6) is 0.117. The van der Waals surface area contributed by atoms with Crippen LogP contribution >= 0.6 is 0 Å². The Morgan fingerprint density at radius 3 is 2.37 bits per heavy atom. The molecule has 0 saturated carbocycles. The molecule has 0 radical (unpaired) electrons. The molecule has 2 bridgehead atoms. The maximum atomic E-state index is 13.6. The second kappa shape index (κ2) is 7.49. The first kappa shape index (κ1) is 19.6. The van der Waals surface area contributed by atoms with Crippen LogP contribution in [0.5, 0.6) is 5.75 Å². The number of benzene rings is 1. The van der Waals surface area contributed by atoms with Crippen LogP contribution in [0.1, 0.15) is 52.0 Å². The van der Waals surface area contributed by atoms with Gasteiger partial charge >= 0.3 is 6.09 Å². The number of methoxy groups -OCH3 is 1. The van der Waals surface area contributed by atoms with Crippen LogP contribution in [0.3, 0.4) is 0 Å². The zero-order chi connectivity index (χ0) is 19.8. The number of carbonyl (C=O) groups excluding carboxylic acids is 2. The number of amides is 1. The van der Waals surface area contributed by atoms with Gasteiger partial charge in [-0.25, -0.2) is 9.18 Å². The average Bonchev–Trinajstić information content (AvgIpc) is 2.84. The average molecular weight is 377 g/mol. The normalized spacial score (nSPS) is 24.6. The van der Waals surface area contributed by atoms with Crippen molar-refractivity contribution in [1.29, 1.82) is 0 Å². The maximum Gasteiger partial charge on any atom is 0.410 e. The van der Waals surface area contributed by atoms with Crippen LogP contribution in [-0.2, 0) is 16.0 Å². The highest BCUT2D eigenvalue weighted by atomic mass is 19.1. The van der Waals surface area contributed by atoms with E-state index >= 15 is 0 Å². The number of piperidine rings is 1. The molecular formula is C21H28FNO4. The minimum absolute atomic E-state index is 0.0435. The van der Waals surface area contributed by atoms with Gasteiger partial charge in [0.1, 0.15) is 23.0 Å². The predicted molar refractivity (Wildman–Crippen MR) is 99.3 cm³/mol. The van der Waals surface area contributed by atoms with Crippen molar-refractivity contribution in [2.45, 2.75) is 70.6 Å². The quantitative estimate of drug-likeness (QED) is 0.792. The Morgan fingerprint density at radius 1 is 1.19 bits per heavy atom. The van der Waals surface area contributed by atoms with Crippen molar-refractivity contribution in [2.24, 2.45) is 5.92 Å². The number of hydrogen-bond acceptors (Lipinski definition) is 4. The van der Waals surface area contributed by atoms with Crippen LogP contribution in [0.15, 0.2) is 18.2 Å². The minimum atomic E-state index is -0.531. The Balaban J connectivity index is 1.67. The monoisotopic (exact) mass is 377 g/mol. The topological polar surface area (TPSA) is 55.8 Å². The molecule has 148 valence electrons. The molecule has 6 heteroatoms. The summed E-state index contributed by atoms with van der Waals surface area (Å²) in [6.07, 6.45) is 2.96. The summed E-state index contributed by atoms with van der Waals surface area (Å²) < 4.78 is 24.3. The minimum Gasteiger partial charge on any atom is -0.496 e. The lowest BCUT2D eigenvalue weighted by molar-refractivity contribution is -0.124. The van der Waals surface area contributed by atoms with Gasteiger partial charge in [-0.05, 0) is 64.7 Å². The number of Topliss-reactive ketones (excluding diaryl/α,β-unsaturated/α-hetero) is 1. The third kappa shape index (κ3) is 4.42. The van der Waals surface area contributed by atoms with Gasteiger partial charge in [-0.1, -0.05) is 0 Å². The molecule has 0 spiro atoms. The highest BCUT2D eigenvalue weighted by Crippen LogP contribution is 2.40. The molecule has 0 aliphatic carbocycles. The van der Waals surface area contributed by atoms with Crippen molar-refractivity contribution in [3.63, 3.8) is 0 Å². The number of fused-ring (bicyclic) bond motifs is 2. The molecule has 2 fully saturated rings. The van der Waals surface area contributed by atoms with Crippen molar-refractivity contribution in [3.05, 3.63) is 29.6 Å². The van der Waals surface area contributed by atoms with Crippen molar-refractivity contribution in [2.75, 3.05) is 7.11 Å². The number of carbonyl (C=O) groups is 2. The van der Waals surface area contributed by atoms with Crippen LogP contribution in [-0.4, -0.2) is 41.6 Å². The zero-order valence-corrected chi connectivity index (χ0v) is 16.5. The predicted octanol–water partition coefficient (Wildman–Crippen LogP) is 4.12. The SMILES string of the molecule is COc1ccc(F)cc1CC(=O)C1CC2CCC(C1)N2C(=O)OC(C)(C)C. The van der Waals surface area contributed by atoms with Gasteiger partial charge in [-0.15, -0.1) is 0 Å². The molecule has 1 aromatic rings. The van der Waals surface area contributed by atoms with E-state index in [1.807, 2.05) is 25.7 Å². The molecule has 27 heavy (non-hydrogen) atoms. The van der Waals surface area contributed by atoms with Crippen molar-refractivity contribution in [3.8, 4) is 5.75 Å². The lowest BCUT2D eigenvalue weighted by atomic mass is 9.85. The number of ketones is 1. The Morgan fingerprint density at radius 2 is 1.81 bits per heavy atom. The van der Waals surface area contributed by atoms with Gasteiger partial charge in [-0.2, -0.15) is 0 Å². The molecule has 2 heterocycles. The highest BCUT2D eigenvalue weighted by Gasteiger charge is 2.46. The van der Waals surface area contributed by atoms with E-state index in [0.29, 0.717) is 24.2 Å². The Bertz CT molecular complexity index is 713. The van der Waals surface area contributed by atoms with E-state index in [1.165, 1.54) is 19.2 Å². The van der Waals surface area contributed by atoms with Crippen LogP contribution in [0, 0.1) is 11.7 Å². The van der Waals surface area contributed by atoms with E-state index in [-0.39, 0.29) is 42.1 Å². The van der Waals surface area contributed by atoms with Gasteiger partial charge in [0.25, 0.3) is 0 Å². The Hall–Kier alpha value is -2.11. The molecule has 1 amide bonds. The lowest BCUT2D eigenvalue weighted by Crippen LogP contribution is -2.49. The molecule has 1 aromatic carbocycles. The second-order valence-electron chi connectivity index (χ2n) is 8.54. The third-order valence-electron chi connectivity index (χ3n) is 5.40. The van der Waals surface area contributed by atoms with E-state index in [1.54, 1.807) is 6.07 Å². The van der Waals surface area contributed by atoms with E-state index < -0.39 is 5.60 Å². The fraction of sp³-hybridized carbons (Fsp3) is 0.619. The number of rotatable bonds is 4. The van der Waals surface area contributed by atoms with Gasteiger partial charge in [0.15, 0.2) is 0 Å². The second-order valence-corrected chi connectivity index (χ2v) is 8.54. The fourth-order valence-electron chi connectivity index (χ4n) is 4.27. The molecule has 2 aliphatic heterocycles. The number of hydrogen-bond donors (Lipinski definition) is 0. The largest absolute Gasteiger partial charge is 0.496 e. The van der Waals surface area contributed by atoms with E-state index in [0.717, 1.165) is 12.8 Å². The van der Waals surface area contributed by atoms with Crippen molar-refractivity contribution < 1.29 is 23.5 Å². The first-order valence-electron chi connectivity index (χ1n) is 9.54. The third-order valence-corrected chi connectivity index (χ3v) is 5.40. The molecule has 0 aromatic heterocycles. The van der Waals surface area contributed by atoms with Crippen LogP contribution < -0.4 is 4.74 Å². The lowest BCUT2D eigenvalue weighted by Gasteiger charge is -2.39. The first-order valence-corrected chi connectivity index (χ1v) is 9.54. The van der Waals surface area contributed by atoms with Gasteiger partial charge in [-0.3, -0.25) is 4.79 Å². The van der Waals surface area contributed by atoms with Gasteiger partial charge in [0.2, 0.25) is 0 Å². The standard InChI is InChI=1S/C21H28FNO4/c1-21(2,3)27-20(25)23-16-6-7-17(23)11-13(10-16)18(24)12-14-9-15(22)5-8-19(14)26-4/h5,8-9,13,16-17H,6-7,10-12H2,1-4H3. The fourth-order valence-corrected chi connectivity index (χ4v) is 4.27. The maximum absolute atomic E-state index is 13.6. The van der Waals surface area contributed by atoms with Crippen molar-refractivity contribution >= 4 is 11.9 Å². The molecule has 3 rings (SSSR count). The summed E-state index contributed by atoms with van der Waals surface area (Å²) >= 11 is 0. The molecular weight excluding hydrogens is 349 g/mol. The summed E-state index contributed by atoms with van der Waals surface area (Å²) in [5.41, 5.74) is 0.0429. The van der Waals surface area contributed by atoms with Gasteiger partial charge in [0.05, 0.1) is 7.11 Å². The molecule has 5 nitrogen and oxygen atoms in total. The first-order chi connectivity index (χ1) is 12.7. The molecule has 2 atom stereocenters. The van der Waals surface area contributed by atoms with E-state index in [2.05, 4.69) is 0 Å². The van der Waals surface area contributed by atoms with Gasteiger partial charge in [0, 0.05) is 30.0 Å². The van der Waals surface area contributed by atoms with Crippen molar-refractivity contribution in [1.82, 2.24) is 4.90 Å². The summed E-state index contributed by atoms with van der Waals surface area (Å²) in [5, 5.41) is 0. The molecule has 2 aliphatic rings. The smallest absolute Gasteiger partial charge is 0.410 e. The number of ether oxygens (including phenoxy) is 2. The summed E-state index contributed by atoms with van der Waals surface area (Å²) in [4.78, 5) is 27.2. The molecule has 2 unspecified atom stereocenters. The number of nitrogens with zero attached hydrogens (tertiary/aromatic N) is 1. The van der Waals surface area contributed by atoms with Crippen LogP contribution in [0.25, 0.3) is 0 Å². The summed E-state index contributed by atoms with van der Waals surface area (Å²) in [7, 11) is 1.51. The van der Waals surface area contributed by atoms with Crippen LogP contribution in [0.2, 0.25) is 0 Å². The summed E-state index contributed by atoms with van der Waals surface area (Å²) in [6, 6.07) is 4.32. The Kier molecular flexibility index (Phi) is 5.45. The summed E-state index contributed by atoms with van der Waals surface area (Å²) in [6.45, 7) is 5.57. The zero-order valence-electron chi connectivity index (χ0n) is 16.5. The number of halogens is 1. The van der Waals surface area contributed by atoms with E-state index in [4.69, 9.17) is 9.47 Å². The van der Waals surface area contributed by atoms with Crippen LogP contribution in [0.4, 0.5) is 9.18 Å².